The molecule has 0 bridgehead atoms. The summed E-state index contributed by atoms with van der Waals surface area (Å²) in [5.41, 5.74) is 3.28. The Hall–Kier alpha value is -3.51. The second-order valence-corrected chi connectivity index (χ2v) is 7.31. The van der Waals surface area contributed by atoms with E-state index in [-0.39, 0.29) is 5.78 Å². The molecule has 1 aromatic carbocycles. The van der Waals surface area contributed by atoms with Gasteiger partial charge in [-0.3, -0.25) is 14.8 Å². The molecule has 0 radical (unpaired) electrons. The highest BCUT2D eigenvalue weighted by atomic mass is 32.1. The Morgan fingerprint density at radius 3 is 2.77 bits per heavy atom. The zero-order chi connectivity index (χ0) is 21.3. The van der Waals surface area contributed by atoms with Crippen LogP contribution in [-0.2, 0) is 0 Å². The van der Waals surface area contributed by atoms with Crippen LogP contribution in [0.3, 0.4) is 0 Å². The molecule has 6 heteroatoms. The first-order valence-corrected chi connectivity index (χ1v) is 10.3. The van der Waals surface area contributed by atoms with Crippen LogP contribution in [0.1, 0.15) is 16.6 Å². The zero-order valence-corrected chi connectivity index (χ0v) is 17.7. The molecule has 0 amide bonds. The molecule has 0 aliphatic rings. The van der Waals surface area contributed by atoms with Crippen LogP contribution in [-0.4, -0.2) is 30.6 Å². The quantitative estimate of drug-likeness (QED) is 0.278. The topological polar surface area (TPSA) is 63.6 Å². The normalized spacial score (nSPS) is 12.5. The van der Waals surface area contributed by atoms with Gasteiger partial charge in [0.2, 0.25) is 0 Å². The van der Waals surface area contributed by atoms with Gasteiger partial charge in [0.1, 0.15) is 11.8 Å². The molecule has 0 saturated heterocycles. The Labute approximate surface area is 180 Å². The van der Waals surface area contributed by atoms with Gasteiger partial charge in [-0.15, -0.1) is 11.3 Å². The third kappa shape index (κ3) is 4.90. The van der Waals surface area contributed by atoms with Gasteiger partial charge in [-0.25, -0.2) is 0 Å². The Morgan fingerprint density at radius 2 is 2.07 bits per heavy atom. The van der Waals surface area contributed by atoms with Gasteiger partial charge in [0, 0.05) is 23.4 Å². The number of ketones is 1. The van der Waals surface area contributed by atoms with Gasteiger partial charge in [-0.1, -0.05) is 42.5 Å². The van der Waals surface area contributed by atoms with Crippen LogP contribution in [0.15, 0.2) is 89.2 Å². The largest absolute Gasteiger partial charge is 0.495 e. The molecule has 1 unspecified atom stereocenters. The average Bonchev–Trinajstić information content (AvgIpc) is 3.28. The number of carbonyl (C=O) groups is 1. The van der Waals surface area contributed by atoms with Gasteiger partial charge in [0.25, 0.3) is 0 Å². The second-order valence-electron chi connectivity index (χ2n) is 6.40. The Kier molecular flexibility index (Phi) is 7.29. The minimum absolute atomic E-state index is 0.0559. The highest BCUT2D eigenvalue weighted by molar-refractivity contribution is 7.12. The lowest BCUT2D eigenvalue weighted by molar-refractivity contribution is 0.0986. The number of pyridine rings is 1. The summed E-state index contributed by atoms with van der Waals surface area (Å²) in [6, 6.07) is 13.0. The van der Waals surface area contributed by atoms with Crippen molar-refractivity contribution in [3.05, 3.63) is 89.0 Å². The maximum Gasteiger partial charge on any atom is 0.200 e. The number of hydrogen-bond donors (Lipinski definition) is 1. The summed E-state index contributed by atoms with van der Waals surface area (Å²) in [6.45, 7) is 5.45. The first-order chi connectivity index (χ1) is 14.7. The lowest BCUT2D eigenvalue weighted by atomic mass is 9.97. The number of nitrogens with zero attached hydrogens (tertiary/aromatic N) is 2. The number of rotatable bonds is 9. The van der Waals surface area contributed by atoms with E-state index in [1.165, 1.54) is 11.3 Å². The minimum Gasteiger partial charge on any atom is -0.495 e. The molecule has 5 nitrogen and oxygen atoms in total. The van der Waals surface area contributed by atoms with E-state index in [1.54, 1.807) is 31.8 Å². The highest BCUT2D eigenvalue weighted by Crippen LogP contribution is 2.31. The van der Waals surface area contributed by atoms with Gasteiger partial charge in [-0.2, -0.15) is 0 Å². The molecule has 2 heterocycles. The predicted molar refractivity (Wildman–Crippen MR) is 125 cm³/mol. The Bertz CT molecular complexity index is 1070. The van der Waals surface area contributed by atoms with E-state index in [0.29, 0.717) is 21.9 Å². The molecule has 3 rings (SSSR count). The van der Waals surface area contributed by atoms with E-state index in [1.807, 2.05) is 60.9 Å². The first kappa shape index (κ1) is 21.2. The van der Waals surface area contributed by atoms with E-state index >= 15 is 0 Å². The SMILES string of the molecule is C=N/C=C(\C=C/C)C(Nc1cncc(OC)c1)C(=O)c1sccc1-c1ccccc1. The molecule has 0 saturated carbocycles. The van der Waals surface area contributed by atoms with Gasteiger partial charge >= 0.3 is 0 Å². The van der Waals surface area contributed by atoms with Crippen molar-refractivity contribution in [2.45, 2.75) is 13.0 Å². The van der Waals surface area contributed by atoms with Crippen LogP contribution < -0.4 is 10.1 Å². The number of Topliss-reactive ketones (excluding diaryl/α,β-unsaturated/α-hetero) is 1. The van der Waals surface area contributed by atoms with Crippen LogP contribution in [0, 0.1) is 0 Å². The van der Waals surface area contributed by atoms with Crippen LogP contribution >= 0.6 is 11.3 Å². The van der Waals surface area contributed by atoms with Crippen molar-refractivity contribution in [1.29, 1.82) is 0 Å². The van der Waals surface area contributed by atoms with Crippen LogP contribution in [0.2, 0.25) is 0 Å². The summed E-state index contributed by atoms with van der Waals surface area (Å²) in [7, 11) is 1.58. The number of anilines is 1. The fraction of sp³-hybridized carbons (Fsp3) is 0.125. The maximum absolute atomic E-state index is 13.7. The van der Waals surface area contributed by atoms with E-state index in [9.17, 15) is 4.79 Å². The molecule has 2 aromatic heterocycles. The summed E-state index contributed by atoms with van der Waals surface area (Å²) < 4.78 is 5.26. The Morgan fingerprint density at radius 1 is 1.27 bits per heavy atom. The molecular weight excluding hydrogens is 394 g/mol. The monoisotopic (exact) mass is 417 g/mol. The number of carbonyl (C=O) groups excluding carboxylic acids is 1. The molecule has 0 aliphatic carbocycles. The van der Waals surface area contributed by atoms with Crippen molar-refractivity contribution in [3.8, 4) is 16.9 Å². The van der Waals surface area contributed by atoms with Crippen molar-refractivity contribution >= 4 is 29.5 Å². The van der Waals surface area contributed by atoms with Crippen molar-refractivity contribution in [2.75, 3.05) is 12.4 Å². The fourth-order valence-electron chi connectivity index (χ4n) is 3.06. The first-order valence-electron chi connectivity index (χ1n) is 9.39. The number of benzene rings is 1. The number of aliphatic imine (C=N–C) groups is 1. The van der Waals surface area contributed by atoms with Crippen LogP contribution in [0.5, 0.6) is 5.75 Å². The smallest absolute Gasteiger partial charge is 0.200 e. The van der Waals surface area contributed by atoms with Crippen molar-refractivity contribution in [1.82, 2.24) is 4.98 Å². The van der Waals surface area contributed by atoms with Gasteiger partial charge < -0.3 is 10.1 Å². The summed E-state index contributed by atoms with van der Waals surface area (Å²) in [4.78, 5) is 22.5. The number of ether oxygens (including phenoxy) is 1. The van der Waals surface area contributed by atoms with E-state index in [2.05, 4.69) is 22.0 Å². The lowest BCUT2D eigenvalue weighted by Gasteiger charge is -2.20. The molecular formula is C24H23N3O2S. The molecule has 1 atom stereocenters. The van der Waals surface area contributed by atoms with Gasteiger partial charge in [0.15, 0.2) is 5.78 Å². The standard InChI is InChI=1S/C24H23N3O2S/c1-4-8-18(14-25-2)22(27-19-13-20(29-3)16-26-15-19)23(28)24-21(11-12-30-24)17-9-6-5-7-10-17/h4-16,22,27H,2H2,1,3H3/b8-4-,18-14+. The molecule has 0 spiro atoms. The molecule has 0 fully saturated rings. The summed E-state index contributed by atoms with van der Waals surface area (Å²) in [5.74, 6) is 0.547. The summed E-state index contributed by atoms with van der Waals surface area (Å²) >= 11 is 1.43. The highest BCUT2D eigenvalue weighted by Gasteiger charge is 2.26. The molecule has 1 N–H and O–H groups in total. The molecule has 3 aromatic rings. The number of nitrogens with one attached hydrogen (secondary N) is 1. The van der Waals surface area contributed by atoms with Crippen LogP contribution in [0.25, 0.3) is 11.1 Å². The number of thiophene rings is 1. The van der Waals surface area contributed by atoms with E-state index in [4.69, 9.17) is 4.74 Å². The fourth-order valence-corrected chi connectivity index (χ4v) is 3.95. The third-order valence-corrected chi connectivity index (χ3v) is 5.36. The van der Waals surface area contributed by atoms with Crippen molar-refractivity contribution < 1.29 is 9.53 Å². The van der Waals surface area contributed by atoms with Gasteiger partial charge in [0.05, 0.1) is 30.1 Å². The molecule has 30 heavy (non-hydrogen) atoms. The van der Waals surface area contributed by atoms with Crippen molar-refractivity contribution in [2.24, 2.45) is 4.99 Å². The lowest BCUT2D eigenvalue weighted by Crippen LogP contribution is -2.31. The number of allylic oxidation sites excluding steroid dienone is 1. The van der Waals surface area contributed by atoms with Gasteiger partial charge in [-0.05, 0) is 30.7 Å². The van der Waals surface area contributed by atoms with E-state index < -0.39 is 6.04 Å². The molecule has 0 aliphatic heterocycles. The van der Waals surface area contributed by atoms with Crippen LogP contribution in [0.4, 0.5) is 5.69 Å². The third-order valence-electron chi connectivity index (χ3n) is 4.43. The second kappa shape index (κ2) is 10.3. The van der Waals surface area contributed by atoms with Crippen molar-refractivity contribution in [3.63, 3.8) is 0 Å². The number of aromatic nitrogens is 1. The zero-order valence-electron chi connectivity index (χ0n) is 16.9. The summed E-state index contributed by atoms with van der Waals surface area (Å²) in [5, 5.41) is 5.23. The minimum atomic E-state index is -0.665. The predicted octanol–water partition coefficient (Wildman–Crippen LogP) is 5.64. The maximum atomic E-state index is 13.7. The summed E-state index contributed by atoms with van der Waals surface area (Å²) in [6.07, 6.45) is 8.59. The molecule has 152 valence electrons. The average molecular weight is 418 g/mol. The Balaban J connectivity index is 2.04. The number of methoxy groups -OCH3 is 1. The number of hydrogen-bond acceptors (Lipinski definition) is 6. The van der Waals surface area contributed by atoms with E-state index in [0.717, 1.165) is 11.1 Å².